The minimum atomic E-state index is -0.789. The van der Waals surface area contributed by atoms with Crippen LogP contribution < -0.4 is 0 Å². The highest BCUT2D eigenvalue weighted by atomic mass is 16.6. The van der Waals surface area contributed by atoms with Crippen LogP contribution >= 0.6 is 0 Å². The summed E-state index contributed by atoms with van der Waals surface area (Å²) in [6.45, 7) is 0. The SMILES string of the molecule is N#CCCC1CC[C@@H]2OC3C[C@]2(C[C@@H](O)[C@H]3O)O1. The average molecular weight is 253 g/mol. The number of aliphatic hydroxyl groups is 2. The average Bonchev–Trinajstić information content (AvgIpc) is 2.68. The molecule has 2 aliphatic heterocycles. The van der Waals surface area contributed by atoms with E-state index in [-0.39, 0.29) is 18.3 Å². The van der Waals surface area contributed by atoms with Crippen LogP contribution in [0.4, 0.5) is 0 Å². The van der Waals surface area contributed by atoms with Gasteiger partial charge in [0.2, 0.25) is 0 Å². The fourth-order valence-corrected chi connectivity index (χ4v) is 3.65. The number of nitrogens with zero attached hydrogens (tertiary/aromatic N) is 1. The molecule has 2 bridgehead atoms. The fourth-order valence-electron chi connectivity index (χ4n) is 3.65. The minimum absolute atomic E-state index is 0.00682. The van der Waals surface area contributed by atoms with Gasteiger partial charge in [0.1, 0.15) is 6.10 Å². The van der Waals surface area contributed by atoms with Gasteiger partial charge in [-0.1, -0.05) is 0 Å². The minimum Gasteiger partial charge on any atom is -0.390 e. The predicted octanol–water partition coefficient (Wildman–Crippen LogP) is 0.491. The van der Waals surface area contributed by atoms with Gasteiger partial charge >= 0.3 is 0 Å². The summed E-state index contributed by atoms with van der Waals surface area (Å²) < 4.78 is 12.0. The molecule has 5 heteroatoms. The highest BCUT2D eigenvalue weighted by molar-refractivity contribution is 5.09. The molecule has 18 heavy (non-hydrogen) atoms. The van der Waals surface area contributed by atoms with Crippen molar-refractivity contribution in [3.63, 3.8) is 0 Å². The highest BCUT2D eigenvalue weighted by Gasteiger charge is 2.59. The summed E-state index contributed by atoms with van der Waals surface area (Å²) in [6, 6.07) is 2.14. The molecule has 2 N–H and O–H groups in total. The first-order valence-electron chi connectivity index (χ1n) is 6.71. The van der Waals surface area contributed by atoms with Crippen LogP contribution in [-0.2, 0) is 9.47 Å². The second-order valence-corrected chi connectivity index (χ2v) is 5.71. The van der Waals surface area contributed by atoms with Crippen molar-refractivity contribution in [2.75, 3.05) is 0 Å². The number of hydrogen-bond donors (Lipinski definition) is 2. The van der Waals surface area contributed by atoms with Crippen LogP contribution in [0, 0.1) is 11.3 Å². The summed E-state index contributed by atoms with van der Waals surface area (Å²) in [4.78, 5) is 0. The molecule has 1 saturated carbocycles. The Morgan fingerprint density at radius 1 is 1.28 bits per heavy atom. The summed E-state index contributed by atoms with van der Waals surface area (Å²) >= 11 is 0. The normalized spacial score (nSPS) is 50.6. The van der Waals surface area contributed by atoms with Gasteiger partial charge in [-0.3, -0.25) is 0 Å². The van der Waals surface area contributed by atoms with Crippen molar-refractivity contribution in [1.29, 1.82) is 5.26 Å². The second kappa shape index (κ2) is 4.46. The van der Waals surface area contributed by atoms with Crippen molar-refractivity contribution in [1.82, 2.24) is 0 Å². The van der Waals surface area contributed by atoms with Gasteiger partial charge in [0.05, 0.1) is 36.1 Å². The highest BCUT2D eigenvalue weighted by Crippen LogP contribution is 2.49. The van der Waals surface area contributed by atoms with Crippen molar-refractivity contribution < 1.29 is 19.7 Å². The van der Waals surface area contributed by atoms with E-state index in [1.165, 1.54) is 0 Å². The maximum Gasteiger partial charge on any atom is 0.106 e. The first kappa shape index (κ1) is 12.4. The topological polar surface area (TPSA) is 82.7 Å². The van der Waals surface area contributed by atoms with E-state index in [4.69, 9.17) is 14.7 Å². The smallest absolute Gasteiger partial charge is 0.106 e. The number of hydrogen-bond acceptors (Lipinski definition) is 5. The quantitative estimate of drug-likeness (QED) is 0.748. The Morgan fingerprint density at radius 2 is 2.11 bits per heavy atom. The number of rotatable bonds is 2. The van der Waals surface area contributed by atoms with Crippen molar-refractivity contribution in [3.8, 4) is 6.07 Å². The second-order valence-electron chi connectivity index (χ2n) is 5.71. The summed E-state index contributed by atoms with van der Waals surface area (Å²) in [5, 5.41) is 28.4. The van der Waals surface area contributed by atoms with Crippen molar-refractivity contribution in [3.05, 3.63) is 0 Å². The Labute approximate surface area is 106 Å². The third-order valence-electron chi connectivity index (χ3n) is 4.53. The van der Waals surface area contributed by atoms with Crippen LogP contribution in [0.25, 0.3) is 0 Å². The van der Waals surface area contributed by atoms with Crippen LogP contribution in [0.15, 0.2) is 0 Å². The summed E-state index contributed by atoms with van der Waals surface area (Å²) in [6.07, 6.45) is 2.38. The molecule has 6 atom stereocenters. The van der Waals surface area contributed by atoms with Crippen LogP contribution in [-0.4, -0.2) is 46.3 Å². The van der Waals surface area contributed by atoms with E-state index in [2.05, 4.69) is 6.07 Å². The summed E-state index contributed by atoms with van der Waals surface area (Å²) in [5.41, 5.74) is -0.429. The number of aliphatic hydroxyl groups excluding tert-OH is 2. The Kier molecular flexibility index (Phi) is 3.07. The van der Waals surface area contributed by atoms with Crippen LogP contribution in [0.1, 0.15) is 38.5 Å². The molecule has 3 aliphatic rings. The van der Waals surface area contributed by atoms with E-state index < -0.39 is 17.8 Å². The molecular formula is C13H19NO4. The van der Waals surface area contributed by atoms with Crippen molar-refractivity contribution in [2.24, 2.45) is 0 Å². The zero-order valence-electron chi connectivity index (χ0n) is 10.3. The molecular weight excluding hydrogens is 234 g/mol. The van der Waals surface area contributed by atoms with Gasteiger partial charge in [-0.05, 0) is 19.3 Å². The molecule has 3 rings (SSSR count). The van der Waals surface area contributed by atoms with E-state index in [1.807, 2.05) is 0 Å². The predicted molar refractivity (Wildman–Crippen MR) is 61.6 cm³/mol. The standard InChI is InChI=1S/C13H19NO4/c14-5-1-2-8-3-4-11-13(18-8)6-9(15)12(16)10(7-13)17-11/h8-12,15-16H,1-4,6-7H2/t8?,9-,10?,11+,12-,13+/m1/s1. The van der Waals surface area contributed by atoms with Gasteiger partial charge in [-0.2, -0.15) is 5.26 Å². The van der Waals surface area contributed by atoms with Crippen molar-refractivity contribution in [2.45, 2.75) is 74.6 Å². The zero-order valence-corrected chi connectivity index (χ0v) is 10.3. The maximum atomic E-state index is 9.89. The summed E-state index contributed by atoms with van der Waals surface area (Å²) in [5.74, 6) is 0. The molecule has 0 radical (unpaired) electrons. The molecule has 5 nitrogen and oxygen atoms in total. The molecule has 0 aromatic heterocycles. The first-order valence-corrected chi connectivity index (χ1v) is 6.71. The molecule has 100 valence electrons. The van der Waals surface area contributed by atoms with Crippen LogP contribution in [0.5, 0.6) is 0 Å². The molecule has 2 heterocycles. The van der Waals surface area contributed by atoms with Crippen LogP contribution in [0.2, 0.25) is 0 Å². The molecule has 1 aliphatic carbocycles. The molecule has 3 fully saturated rings. The first-order chi connectivity index (χ1) is 8.64. The van der Waals surface area contributed by atoms with Crippen molar-refractivity contribution >= 4 is 0 Å². The Hall–Kier alpha value is -0.670. The van der Waals surface area contributed by atoms with Gasteiger partial charge < -0.3 is 19.7 Å². The number of nitriles is 1. The number of fused-ring (bicyclic) bond motifs is 1. The molecule has 2 saturated heterocycles. The van der Waals surface area contributed by atoms with E-state index >= 15 is 0 Å². The van der Waals surface area contributed by atoms with Gasteiger partial charge in [0.25, 0.3) is 0 Å². The Morgan fingerprint density at radius 3 is 2.89 bits per heavy atom. The van der Waals surface area contributed by atoms with Gasteiger partial charge in [0.15, 0.2) is 0 Å². The van der Waals surface area contributed by atoms with E-state index in [0.29, 0.717) is 19.3 Å². The number of ether oxygens (including phenoxy) is 2. The zero-order chi connectivity index (χ0) is 12.8. The van der Waals surface area contributed by atoms with E-state index in [9.17, 15) is 10.2 Å². The van der Waals surface area contributed by atoms with Gasteiger partial charge in [-0.15, -0.1) is 0 Å². The lowest BCUT2D eigenvalue weighted by Gasteiger charge is -2.44. The van der Waals surface area contributed by atoms with E-state index in [0.717, 1.165) is 19.3 Å². The third kappa shape index (κ3) is 1.84. The largest absolute Gasteiger partial charge is 0.390 e. The Balaban J connectivity index is 1.74. The maximum absolute atomic E-state index is 9.89. The lowest BCUT2D eigenvalue weighted by molar-refractivity contribution is -0.178. The molecule has 0 aromatic rings. The van der Waals surface area contributed by atoms with Crippen LogP contribution in [0.3, 0.4) is 0 Å². The fraction of sp³-hybridized carbons (Fsp3) is 0.923. The molecule has 0 aromatic carbocycles. The monoisotopic (exact) mass is 253 g/mol. The van der Waals surface area contributed by atoms with Gasteiger partial charge in [-0.25, -0.2) is 0 Å². The molecule has 2 unspecified atom stereocenters. The van der Waals surface area contributed by atoms with Gasteiger partial charge in [0, 0.05) is 19.3 Å². The Bertz CT molecular complexity index is 368. The molecule has 0 amide bonds. The summed E-state index contributed by atoms with van der Waals surface area (Å²) in [7, 11) is 0. The molecule has 1 spiro atoms. The third-order valence-corrected chi connectivity index (χ3v) is 4.53. The van der Waals surface area contributed by atoms with E-state index in [1.54, 1.807) is 0 Å². The lowest BCUT2D eigenvalue weighted by atomic mass is 9.76. The lowest BCUT2D eigenvalue weighted by Crippen LogP contribution is -2.54.